The minimum Gasteiger partial charge on any atom is -0.372 e. The lowest BCUT2D eigenvalue weighted by Gasteiger charge is -2.47. The van der Waals surface area contributed by atoms with Gasteiger partial charge in [-0.25, -0.2) is 9.89 Å². The summed E-state index contributed by atoms with van der Waals surface area (Å²) in [5.74, 6) is -0.269. The summed E-state index contributed by atoms with van der Waals surface area (Å²) in [5, 5.41) is 12.3. The van der Waals surface area contributed by atoms with Gasteiger partial charge in [0.05, 0.1) is 41.3 Å². The van der Waals surface area contributed by atoms with Crippen molar-refractivity contribution in [3.8, 4) is 0 Å². The highest BCUT2D eigenvalue weighted by molar-refractivity contribution is 5.77. The molecule has 1 saturated heterocycles. The number of halogens is 6. The largest absolute Gasteiger partial charge is 0.416 e. The molecule has 0 aliphatic carbocycles. The highest BCUT2D eigenvalue weighted by atomic mass is 19.4. The smallest absolute Gasteiger partial charge is 0.372 e. The van der Waals surface area contributed by atoms with Crippen LogP contribution in [0.2, 0.25) is 0 Å². The van der Waals surface area contributed by atoms with Crippen LogP contribution in [0.15, 0.2) is 59.7 Å². The number of piperidine rings is 1. The van der Waals surface area contributed by atoms with Gasteiger partial charge < -0.3 is 15.4 Å². The van der Waals surface area contributed by atoms with Crippen LogP contribution >= 0.6 is 0 Å². The van der Waals surface area contributed by atoms with Crippen molar-refractivity contribution >= 4 is 5.91 Å². The first kappa shape index (κ1) is 31.3. The zero-order valence-electron chi connectivity index (χ0n) is 22.9. The van der Waals surface area contributed by atoms with E-state index in [1.807, 2.05) is 12.1 Å². The maximum Gasteiger partial charge on any atom is 0.416 e. The maximum absolute atomic E-state index is 13.4. The molecule has 4 rings (SSSR count). The first-order chi connectivity index (χ1) is 19.7. The Balaban J connectivity index is 1.64. The topological polar surface area (TPSA) is 101 Å². The number of hydrogen-bond donors (Lipinski definition) is 3. The average Bonchev–Trinajstić information content (AvgIpc) is 3.38. The molecule has 3 N–H and O–H groups in total. The standard InChI is InChI=1S/C28H31F6N5O3/c1-3-35-23(40)14-25(39-17-37-38-24(39)41)9-10-26(36-15-25,20-7-5-4-6-8-20)16-42-18(2)19-11-21(27(29,30)31)13-22(12-19)28(32,33)34/h4-8,11-13,17-18,36H,3,9-10,14-16H2,1-2H3,(H,35,40)(H,38,41)/t18-,25-,26-/m1/s1. The van der Waals surface area contributed by atoms with Crippen molar-refractivity contribution < 1.29 is 35.9 Å². The molecule has 14 heteroatoms. The monoisotopic (exact) mass is 599 g/mol. The number of carbonyl (C=O) groups is 1. The second-order valence-electron chi connectivity index (χ2n) is 10.5. The predicted molar refractivity (Wildman–Crippen MR) is 140 cm³/mol. The first-order valence-electron chi connectivity index (χ1n) is 13.3. The summed E-state index contributed by atoms with van der Waals surface area (Å²) in [7, 11) is 0. The van der Waals surface area contributed by atoms with Crippen LogP contribution in [0.5, 0.6) is 0 Å². The SMILES string of the molecule is CCNC(=O)C[C@]1(n2cn[nH]c2=O)CC[C@@](CO[C@H](C)c2cc(C(F)(F)F)cc(C(F)(F)F)c2)(c2ccccc2)NC1. The minimum absolute atomic E-state index is 0.0279. The summed E-state index contributed by atoms with van der Waals surface area (Å²) in [6, 6.07) is 10.4. The fourth-order valence-electron chi connectivity index (χ4n) is 5.33. The lowest BCUT2D eigenvalue weighted by molar-refractivity contribution is -0.143. The highest BCUT2D eigenvalue weighted by Gasteiger charge is 2.47. The fourth-order valence-corrected chi connectivity index (χ4v) is 5.33. The van der Waals surface area contributed by atoms with Crippen molar-refractivity contribution in [1.29, 1.82) is 0 Å². The van der Waals surface area contributed by atoms with Crippen molar-refractivity contribution in [1.82, 2.24) is 25.4 Å². The number of rotatable bonds is 9. The van der Waals surface area contributed by atoms with Crippen molar-refractivity contribution in [3.63, 3.8) is 0 Å². The summed E-state index contributed by atoms with van der Waals surface area (Å²) in [4.78, 5) is 25.2. The van der Waals surface area contributed by atoms with Crippen LogP contribution in [0, 0.1) is 0 Å². The molecule has 1 aliphatic heterocycles. The summed E-state index contributed by atoms with van der Waals surface area (Å²) < 4.78 is 88.0. The van der Waals surface area contributed by atoms with E-state index in [4.69, 9.17) is 4.74 Å². The Morgan fingerprint density at radius 2 is 1.71 bits per heavy atom. The molecule has 0 unspecified atom stereocenters. The van der Waals surface area contributed by atoms with Crippen molar-refractivity contribution in [2.75, 3.05) is 19.7 Å². The minimum atomic E-state index is -4.98. The van der Waals surface area contributed by atoms with Gasteiger partial charge in [-0.15, -0.1) is 0 Å². The van der Waals surface area contributed by atoms with Crippen molar-refractivity contribution in [2.45, 2.75) is 62.6 Å². The van der Waals surface area contributed by atoms with E-state index in [1.54, 1.807) is 25.1 Å². The Kier molecular flexibility index (Phi) is 8.88. The molecule has 1 amide bonds. The van der Waals surface area contributed by atoms with Gasteiger partial charge in [0.1, 0.15) is 6.33 Å². The zero-order valence-corrected chi connectivity index (χ0v) is 22.9. The molecule has 2 aromatic carbocycles. The third-order valence-corrected chi connectivity index (χ3v) is 7.69. The maximum atomic E-state index is 13.4. The third kappa shape index (κ3) is 6.70. The zero-order chi connectivity index (χ0) is 30.8. The van der Waals surface area contributed by atoms with E-state index >= 15 is 0 Å². The number of benzene rings is 2. The molecule has 1 aromatic heterocycles. The number of hydrogen-bond acceptors (Lipinski definition) is 5. The van der Waals surface area contributed by atoms with Gasteiger partial charge in [-0.3, -0.25) is 9.36 Å². The molecule has 0 radical (unpaired) electrons. The lowest BCUT2D eigenvalue weighted by Crippen LogP contribution is -2.61. The molecule has 3 aromatic rings. The van der Waals surface area contributed by atoms with E-state index in [1.165, 1.54) is 17.8 Å². The Morgan fingerprint density at radius 1 is 1.07 bits per heavy atom. The summed E-state index contributed by atoms with van der Waals surface area (Å²) in [5.41, 5.74) is -4.76. The predicted octanol–water partition coefficient (Wildman–Crippen LogP) is 4.89. The number of nitrogens with zero attached hydrogens (tertiary/aromatic N) is 2. The van der Waals surface area contributed by atoms with Crippen molar-refractivity contribution in [3.05, 3.63) is 87.6 Å². The molecular weight excluding hydrogens is 568 g/mol. The highest BCUT2D eigenvalue weighted by Crippen LogP contribution is 2.41. The van der Waals surface area contributed by atoms with Crippen molar-refractivity contribution in [2.24, 2.45) is 0 Å². The fraction of sp³-hybridized carbons (Fsp3) is 0.464. The Bertz CT molecular complexity index is 1390. The molecular formula is C28H31F6N5O3. The molecule has 1 aliphatic rings. The summed E-state index contributed by atoms with van der Waals surface area (Å²) in [6.45, 7) is 3.56. The second kappa shape index (κ2) is 11.9. The number of amides is 1. The molecule has 0 bridgehead atoms. The van der Waals surface area contributed by atoms with Crippen LogP contribution in [0.3, 0.4) is 0 Å². The Labute approximate surface area is 237 Å². The van der Waals surface area contributed by atoms with E-state index in [2.05, 4.69) is 20.8 Å². The van der Waals surface area contributed by atoms with Gasteiger partial charge in [-0.2, -0.15) is 31.4 Å². The van der Waals surface area contributed by atoms with Crippen LogP contribution in [-0.2, 0) is 33.0 Å². The molecule has 42 heavy (non-hydrogen) atoms. The molecule has 0 saturated carbocycles. The van der Waals surface area contributed by atoms with Crippen LogP contribution in [-0.4, -0.2) is 40.4 Å². The van der Waals surface area contributed by atoms with Gasteiger partial charge in [0.25, 0.3) is 0 Å². The number of ether oxygens (including phenoxy) is 1. The van der Waals surface area contributed by atoms with Crippen LogP contribution in [0.1, 0.15) is 61.5 Å². The van der Waals surface area contributed by atoms with E-state index in [9.17, 15) is 35.9 Å². The van der Waals surface area contributed by atoms with Crippen LogP contribution < -0.4 is 16.3 Å². The van der Waals surface area contributed by atoms with Gasteiger partial charge in [-0.1, -0.05) is 30.3 Å². The van der Waals surface area contributed by atoms with Gasteiger partial charge in [0.15, 0.2) is 0 Å². The quantitative estimate of drug-likeness (QED) is 0.304. The molecule has 0 spiro atoms. The number of aromatic nitrogens is 3. The Morgan fingerprint density at radius 3 is 2.21 bits per heavy atom. The molecule has 3 atom stereocenters. The average molecular weight is 600 g/mol. The normalized spacial score (nSPS) is 22.1. The van der Waals surface area contributed by atoms with Crippen LogP contribution in [0.4, 0.5) is 26.3 Å². The van der Waals surface area contributed by atoms with Gasteiger partial charge >= 0.3 is 18.0 Å². The van der Waals surface area contributed by atoms with E-state index in [0.29, 0.717) is 31.5 Å². The Hall–Kier alpha value is -3.65. The molecule has 8 nitrogen and oxygen atoms in total. The molecule has 1 fully saturated rings. The number of aromatic amines is 1. The number of carbonyl (C=O) groups excluding carboxylic acids is 1. The van der Waals surface area contributed by atoms with E-state index in [-0.39, 0.29) is 37.1 Å². The van der Waals surface area contributed by atoms with E-state index in [0.717, 1.165) is 5.56 Å². The van der Waals surface area contributed by atoms with Gasteiger partial charge in [-0.05, 0) is 56.0 Å². The molecule has 228 valence electrons. The summed E-state index contributed by atoms with van der Waals surface area (Å²) >= 11 is 0. The summed E-state index contributed by atoms with van der Waals surface area (Å²) in [6.07, 6.45) is -9.17. The van der Waals surface area contributed by atoms with E-state index < -0.39 is 46.4 Å². The second-order valence-corrected chi connectivity index (χ2v) is 10.5. The number of alkyl halides is 6. The van der Waals surface area contributed by atoms with Gasteiger partial charge in [0.2, 0.25) is 5.91 Å². The molecule has 2 heterocycles. The number of H-pyrrole nitrogens is 1. The number of nitrogens with one attached hydrogen (secondary N) is 3. The van der Waals surface area contributed by atoms with Gasteiger partial charge in [0, 0.05) is 13.1 Å². The first-order valence-corrected chi connectivity index (χ1v) is 13.3. The lowest BCUT2D eigenvalue weighted by atomic mass is 9.74. The van der Waals surface area contributed by atoms with Crippen LogP contribution in [0.25, 0.3) is 0 Å². The third-order valence-electron chi connectivity index (χ3n) is 7.69.